The SMILES string of the molecule is COC(=O)C1COC(C(C)(C)C)N1C(=O)N(C)c1cccc(F)c1. The van der Waals surface area contributed by atoms with Crippen molar-refractivity contribution in [3.8, 4) is 0 Å². The second-order valence-electron chi connectivity index (χ2n) is 6.82. The van der Waals surface area contributed by atoms with Crippen molar-refractivity contribution in [1.82, 2.24) is 4.90 Å². The van der Waals surface area contributed by atoms with Crippen LogP contribution in [-0.4, -0.2) is 49.9 Å². The Labute approximate surface area is 141 Å². The van der Waals surface area contributed by atoms with Crippen LogP contribution < -0.4 is 4.90 Å². The van der Waals surface area contributed by atoms with Gasteiger partial charge >= 0.3 is 12.0 Å². The fourth-order valence-corrected chi connectivity index (χ4v) is 2.69. The van der Waals surface area contributed by atoms with Crippen molar-refractivity contribution in [3.05, 3.63) is 30.1 Å². The number of ether oxygens (including phenoxy) is 2. The van der Waals surface area contributed by atoms with Gasteiger partial charge in [0.15, 0.2) is 6.04 Å². The van der Waals surface area contributed by atoms with E-state index in [1.165, 1.54) is 42.2 Å². The van der Waals surface area contributed by atoms with E-state index in [2.05, 4.69) is 0 Å². The molecule has 0 bridgehead atoms. The van der Waals surface area contributed by atoms with E-state index in [1.54, 1.807) is 6.07 Å². The van der Waals surface area contributed by atoms with Crippen molar-refractivity contribution in [2.45, 2.75) is 33.0 Å². The summed E-state index contributed by atoms with van der Waals surface area (Å²) in [7, 11) is 2.80. The van der Waals surface area contributed by atoms with Gasteiger partial charge in [-0.05, 0) is 18.2 Å². The smallest absolute Gasteiger partial charge is 0.331 e. The first kappa shape index (κ1) is 18.2. The van der Waals surface area contributed by atoms with Crippen molar-refractivity contribution >= 4 is 17.7 Å². The summed E-state index contributed by atoms with van der Waals surface area (Å²) in [5.74, 6) is -0.982. The summed E-state index contributed by atoms with van der Waals surface area (Å²) in [4.78, 5) is 27.7. The number of carbonyl (C=O) groups is 2. The molecule has 0 saturated carbocycles. The number of halogens is 1. The molecule has 0 aromatic heterocycles. The highest BCUT2D eigenvalue weighted by molar-refractivity contribution is 5.94. The normalized spacial score (nSPS) is 20.8. The molecule has 7 heteroatoms. The second kappa shape index (κ2) is 6.76. The third kappa shape index (κ3) is 3.51. The number of hydrogen-bond acceptors (Lipinski definition) is 4. The maximum absolute atomic E-state index is 13.4. The predicted molar refractivity (Wildman–Crippen MR) is 87.0 cm³/mol. The highest BCUT2D eigenvalue weighted by Gasteiger charge is 2.48. The lowest BCUT2D eigenvalue weighted by Crippen LogP contribution is -2.54. The van der Waals surface area contributed by atoms with Crippen LogP contribution in [0.5, 0.6) is 0 Å². The maximum atomic E-state index is 13.4. The van der Waals surface area contributed by atoms with E-state index in [-0.39, 0.29) is 6.61 Å². The van der Waals surface area contributed by atoms with Crippen LogP contribution >= 0.6 is 0 Å². The fourth-order valence-electron chi connectivity index (χ4n) is 2.69. The van der Waals surface area contributed by atoms with Crippen LogP contribution in [0.2, 0.25) is 0 Å². The zero-order valence-corrected chi connectivity index (χ0v) is 14.6. The van der Waals surface area contributed by atoms with Gasteiger partial charge in [-0.15, -0.1) is 0 Å². The van der Waals surface area contributed by atoms with Gasteiger partial charge in [-0.1, -0.05) is 26.8 Å². The van der Waals surface area contributed by atoms with Crippen molar-refractivity contribution < 1.29 is 23.5 Å². The van der Waals surface area contributed by atoms with E-state index in [1.807, 2.05) is 20.8 Å². The number of hydrogen-bond donors (Lipinski definition) is 0. The Bertz CT molecular complexity index is 629. The number of nitrogens with zero attached hydrogens (tertiary/aromatic N) is 2. The van der Waals surface area contributed by atoms with E-state index in [9.17, 15) is 14.0 Å². The summed E-state index contributed by atoms with van der Waals surface area (Å²) >= 11 is 0. The van der Waals surface area contributed by atoms with E-state index in [4.69, 9.17) is 9.47 Å². The molecular formula is C17H23FN2O4. The Balaban J connectivity index is 2.35. The minimum absolute atomic E-state index is 0.0668. The molecule has 1 aliphatic rings. The van der Waals surface area contributed by atoms with Gasteiger partial charge in [-0.2, -0.15) is 0 Å². The molecule has 0 spiro atoms. The van der Waals surface area contributed by atoms with E-state index in [0.717, 1.165) is 0 Å². The van der Waals surface area contributed by atoms with Crippen molar-refractivity contribution in [1.29, 1.82) is 0 Å². The molecule has 0 N–H and O–H groups in total. The molecule has 2 amide bonds. The first-order chi connectivity index (χ1) is 11.2. The number of carbonyl (C=O) groups excluding carboxylic acids is 2. The number of rotatable bonds is 2. The Morgan fingerprint density at radius 3 is 2.58 bits per heavy atom. The molecular weight excluding hydrogens is 315 g/mol. The Morgan fingerprint density at radius 1 is 1.38 bits per heavy atom. The van der Waals surface area contributed by atoms with E-state index < -0.39 is 35.5 Å². The number of benzene rings is 1. The Morgan fingerprint density at radius 2 is 2.04 bits per heavy atom. The van der Waals surface area contributed by atoms with Crippen LogP contribution in [0.4, 0.5) is 14.9 Å². The highest BCUT2D eigenvalue weighted by atomic mass is 19.1. The molecule has 0 radical (unpaired) electrons. The zero-order valence-electron chi connectivity index (χ0n) is 14.6. The minimum Gasteiger partial charge on any atom is -0.467 e. The summed E-state index contributed by atoms with van der Waals surface area (Å²) < 4.78 is 23.9. The molecule has 132 valence electrons. The standard InChI is InChI=1S/C17H23FN2O4/c1-17(2,3)15-20(13(10-24-15)14(21)23-5)16(22)19(4)12-8-6-7-11(18)9-12/h6-9,13,15H,10H2,1-5H3. The largest absolute Gasteiger partial charge is 0.467 e. The van der Waals surface area contributed by atoms with Crippen LogP contribution in [0.15, 0.2) is 24.3 Å². The third-order valence-electron chi connectivity index (χ3n) is 3.92. The van der Waals surface area contributed by atoms with Gasteiger partial charge in [0, 0.05) is 18.2 Å². The lowest BCUT2D eigenvalue weighted by atomic mass is 9.93. The van der Waals surface area contributed by atoms with E-state index in [0.29, 0.717) is 5.69 Å². The molecule has 6 nitrogen and oxygen atoms in total. The maximum Gasteiger partial charge on any atom is 0.331 e. The molecule has 2 atom stereocenters. The van der Waals surface area contributed by atoms with Gasteiger partial charge in [0.05, 0.1) is 13.7 Å². The molecule has 0 aliphatic carbocycles. The molecule has 2 unspecified atom stereocenters. The predicted octanol–water partition coefficient (Wildman–Crippen LogP) is 2.63. The van der Waals surface area contributed by atoms with Gasteiger partial charge in [-0.3, -0.25) is 9.80 Å². The van der Waals surface area contributed by atoms with E-state index >= 15 is 0 Å². The van der Waals surface area contributed by atoms with Crippen molar-refractivity contribution in [3.63, 3.8) is 0 Å². The lowest BCUT2D eigenvalue weighted by molar-refractivity contribution is -0.145. The van der Waals surface area contributed by atoms with Crippen LogP contribution in [0.3, 0.4) is 0 Å². The van der Waals surface area contributed by atoms with Crippen molar-refractivity contribution in [2.24, 2.45) is 5.41 Å². The van der Waals surface area contributed by atoms with Gasteiger partial charge in [0.1, 0.15) is 12.0 Å². The Hall–Kier alpha value is -2.15. The molecule has 1 aromatic rings. The van der Waals surface area contributed by atoms with Crippen molar-refractivity contribution in [2.75, 3.05) is 25.7 Å². The monoisotopic (exact) mass is 338 g/mol. The molecule has 1 aliphatic heterocycles. The van der Waals surface area contributed by atoms with Gasteiger partial charge in [0.25, 0.3) is 0 Å². The molecule has 1 aromatic carbocycles. The van der Waals surface area contributed by atoms with Crippen LogP contribution in [0.25, 0.3) is 0 Å². The average molecular weight is 338 g/mol. The summed E-state index contributed by atoms with van der Waals surface area (Å²) in [6.45, 7) is 5.82. The second-order valence-corrected chi connectivity index (χ2v) is 6.82. The Kier molecular flexibility index (Phi) is 5.13. The number of esters is 1. The number of amides is 2. The summed E-state index contributed by atoms with van der Waals surface area (Å²) in [6.07, 6.45) is -0.592. The van der Waals surface area contributed by atoms with Crippen LogP contribution in [-0.2, 0) is 14.3 Å². The third-order valence-corrected chi connectivity index (χ3v) is 3.92. The molecule has 1 saturated heterocycles. The minimum atomic E-state index is -0.831. The van der Waals surface area contributed by atoms with Gasteiger partial charge in [-0.25, -0.2) is 14.0 Å². The quantitative estimate of drug-likeness (QED) is 0.778. The zero-order chi connectivity index (χ0) is 18.1. The first-order valence-electron chi connectivity index (χ1n) is 7.68. The van der Waals surface area contributed by atoms with Gasteiger partial charge < -0.3 is 9.47 Å². The lowest BCUT2D eigenvalue weighted by Gasteiger charge is -2.37. The summed E-state index contributed by atoms with van der Waals surface area (Å²) in [5.41, 5.74) is -0.00975. The van der Waals surface area contributed by atoms with Gasteiger partial charge in [0.2, 0.25) is 0 Å². The number of urea groups is 1. The molecule has 2 rings (SSSR count). The van der Waals surface area contributed by atoms with Crippen LogP contribution in [0.1, 0.15) is 20.8 Å². The fraction of sp³-hybridized carbons (Fsp3) is 0.529. The average Bonchev–Trinajstić information content (AvgIpc) is 2.97. The first-order valence-corrected chi connectivity index (χ1v) is 7.68. The summed E-state index contributed by atoms with van der Waals surface area (Å²) in [6, 6.07) is 4.42. The summed E-state index contributed by atoms with van der Waals surface area (Å²) in [5, 5.41) is 0. The topological polar surface area (TPSA) is 59.1 Å². The highest BCUT2D eigenvalue weighted by Crippen LogP contribution is 2.33. The number of methoxy groups -OCH3 is 1. The molecule has 1 heterocycles. The molecule has 1 fully saturated rings. The van der Waals surface area contributed by atoms with Crippen LogP contribution in [0, 0.1) is 11.2 Å². The molecule has 24 heavy (non-hydrogen) atoms. The number of anilines is 1.